The van der Waals surface area contributed by atoms with E-state index in [1.807, 2.05) is 12.1 Å². The minimum absolute atomic E-state index is 0.487. The van der Waals surface area contributed by atoms with Crippen LogP contribution < -0.4 is 0 Å². The summed E-state index contributed by atoms with van der Waals surface area (Å²) in [5.74, 6) is 0. The second-order valence-corrected chi connectivity index (χ2v) is 9.85. The molecule has 1 aromatic carbocycles. The summed E-state index contributed by atoms with van der Waals surface area (Å²) < 4.78 is 0. The van der Waals surface area contributed by atoms with Gasteiger partial charge in [-0.15, -0.1) is 24.5 Å². The van der Waals surface area contributed by atoms with Crippen LogP contribution in [0.2, 0.25) is 0 Å². The summed E-state index contributed by atoms with van der Waals surface area (Å²) >= 11 is 10.2. The summed E-state index contributed by atoms with van der Waals surface area (Å²) in [6, 6.07) is 8.28. The van der Waals surface area contributed by atoms with Crippen LogP contribution in [0.25, 0.3) is 0 Å². The molecule has 0 fully saturated rings. The van der Waals surface area contributed by atoms with Gasteiger partial charge in [-0.25, -0.2) is 0 Å². The van der Waals surface area contributed by atoms with Crippen LogP contribution >= 0.6 is 41.4 Å². The van der Waals surface area contributed by atoms with Crippen LogP contribution in [0, 0.1) is 6.92 Å². The van der Waals surface area contributed by atoms with E-state index < -0.39 is 5.53 Å². The van der Waals surface area contributed by atoms with E-state index in [9.17, 15) is 0 Å². The highest BCUT2D eigenvalue weighted by molar-refractivity contribution is 9.06. The first-order valence-electron chi connectivity index (χ1n) is 3.11. The zero-order valence-corrected chi connectivity index (χ0v) is 9.56. The Hall–Kier alpha value is 0.700. The van der Waals surface area contributed by atoms with Gasteiger partial charge in [-0.05, 0) is 18.6 Å². The molecule has 11 heavy (non-hydrogen) atoms. The first-order valence-corrected chi connectivity index (χ1v) is 8.18. The van der Waals surface area contributed by atoms with E-state index in [1.165, 1.54) is 10.5 Å². The smallest absolute Gasteiger partial charge is 0.0715 e. The SMILES string of the molecule is Cc1ccccc1SP(S)S. The van der Waals surface area contributed by atoms with Gasteiger partial charge < -0.3 is 0 Å². The van der Waals surface area contributed by atoms with Gasteiger partial charge in [0.1, 0.15) is 0 Å². The van der Waals surface area contributed by atoms with Crippen molar-refractivity contribution in [3.8, 4) is 0 Å². The third-order valence-electron chi connectivity index (χ3n) is 1.27. The molecule has 0 N–H and O–H groups in total. The van der Waals surface area contributed by atoms with Crippen molar-refractivity contribution in [2.24, 2.45) is 0 Å². The van der Waals surface area contributed by atoms with Gasteiger partial charge in [0.15, 0.2) is 0 Å². The van der Waals surface area contributed by atoms with Crippen LogP contribution in [0.15, 0.2) is 29.2 Å². The predicted molar refractivity (Wildman–Crippen MR) is 61.9 cm³/mol. The number of hydrogen-bond donors (Lipinski definition) is 2. The molecule has 0 atom stereocenters. The Morgan fingerprint density at radius 2 is 1.91 bits per heavy atom. The number of benzene rings is 1. The molecule has 1 rings (SSSR count). The summed E-state index contributed by atoms with van der Waals surface area (Å²) in [6.45, 7) is 2.10. The number of thiol groups is 2. The number of aryl methyl sites for hydroxylation is 1. The van der Waals surface area contributed by atoms with Crippen molar-refractivity contribution in [1.82, 2.24) is 0 Å². The highest BCUT2D eigenvalue weighted by atomic mass is 33.3. The topological polar surface area (TPSA) is 0 Å². The Kier molecular flexibility index (Phi) is 4.14. The van der Waals surface area contributed by atoms with E-state index in [1.54, 1.807) is 11.4 Å². The summed E-state index contributed by atoms with van der Waals surface area (Å²) in [5, 5.41) is 0. The van der Waals surface area contributed by atoms with Crippen LogP contribution in [-0.4, -0.2) is 0 Å². The van der Waals surface area contributed by atoms with E-state index in [-0.39, 0.29) is 0 Å². The molecule has 0 radical (unpaired) electrons. The second kappa shape index (κ2) is 4.66. The Morgan fingerprint density at radius 1 is 1.27 bits per heavy atom. The molecule has 0 spiro atoms. The summed E-state index contributed by atoms with van der Waals surface area (Å²) in [7, 11) is 0. The number of rotatable bonds is 2. The lowest BCUT2D eigenvalue weighted by molar-refractivity contribution is 1.31. The van der Waals surface area contributed by atoms with Gasteiger partial charge in [0.2, 0.25) is 0 Å². The van der Waals surface area contributed by atoms with Crippen molar-refractivity contribution in [3.63, 3.8) is 0 Å². The number of hydrogen-bond acceptors (Lipinski definition) is 3. The molecule has 0 amide bonds. The summed E-state index contributed by atoms with van der Waals surface area (Å²) in [6.07, 6.45) is 0. The second-order valence-electron chi connectivity index (χ2n) is 2.11. The highest BCUT2D eigenvalue weighted by Gasteiger charge is 2.00. The van der Waals surface area contributed by atoms with Gasteiger partial charge >= 0.3 is 0 Å². The van der Waals surface area contributed by atoms with E-state index in [2.05, 4.69) is 43.6 Å². The molecule has 0 aliphatic rings. The van der Waals surface area contributed by atoms with Crippen molar-refractivity contribution < 1.29 is 0 Å². The van der Waals surface area contributed by atoms with Gasteiger partial charge in [0.05, 0.1) is 5.53 Å². The fraction of sp³-hybridized carbons (Fsp3) is 0.143. The fourth-order valence-electron chi connectivity index (χ4n) is 0.747. The maximum atomic E-state index is 4.25. The average molecular weight is 220 g/mol. The lowest BCUT2D eigenvalue weighted by Gasteiger charge is -2.05. The Morgan fingerprint density at radius 3 is 2.45 bits per heavy atom. The quantitative estimate of drug-likeness (QED) is 0.557. The van der Waals surface area contributed by atoms with Crippen molar-refractivity contribution in [3.05, 3.63) is 29.8 Å². The standard InChI is InChI=1S/C7H9PS3/c1-6-4-2-3-5-7(6)11-8(9)10/h2-5,9-10H,1H3. The van der Waals surface area contributed by atoms with Gasteiger partial charge in [-0.1, -0.05) is 29.6 Å². The molecule has 0 heterocycles. The minimum atomic E-state index is -0.487. The average Bonchev–Trinajstić information content (AvgIpc) is 1.93. The maximum Gasteiger partial charge on any atom is 0.0715 e. The van der Waals surface area contributed by atoms with Crippen LogP contribution in [0.3, 0.4) is 0 Å². The lowest BCUT2D eigenvalue weighted by atomic mass is 10.2. The molecule has 0 aromatic heterocycles. The fourth-order valence-corrected chi connectivity index (χ4v) is 4.00. The molecule has 0 saturated heterocycles. The molecule has 4 heteroatoms. The molecule has 0 bridgehead atoms. The monoisotopic (exact) mass is 220 g/mol. The zero-order chi connectivity index (χ0) is 8.27. The molecule has 1 aromatic rings. The van der Waals surface area contributed by atoms with Crippen molar-refractivity contribution in [1.29, 1.82) is 0 Å². The molecular formula is C7H9PS3. The largest absolute Gasteiger partial charge is 0.130 e. The Bertz CT molecular complexity index is 237. The maximum absolute atomic E-state index is 4.25. The third-order valence-corrected chi connectivity index (χ3v) is 4.64. The van der Waals surface area contributed by atoms with Crippen LogP contribution in [0.4, 0.5) is 0 Å². The van der Waals surface area contributed by atoms with E-state index >= 15 is 0 Å². The summed E-state index contributed by atoms with van der Waals surface area (Å²) in [5.41, 5.74) is 0.812. The van der Waals surface area contributed by atoms with Crippen LogP contribution in [-0.2, 0) is 0 Å². The molecule has 0 unspecified atom stereocenters. The van der Waals surface area contributed by atoms with E-state index in [0.717, 1.165) is 0 Å². The zero-order valence-electron chi connectivity index (χ0n) is 6.06. The highest BCUT2D eigenvalue weighted by Crippen LogP contribution is 2.61. The van der Waals surface area contributed by atoms with Gasteiger partial charge in [0, 0.05) is 4.90 Å². The van der Waals surface area contributed by atoms with E-state index in [0.29, 0.717) is 0 Å². The Labute approximate surface area is 83.0 Å². The molecule has 0 nitrogen and oxygen atoms in total. The summed E-state index contributed by atoms with van der Waals surface area (Å²) in [4.78, 5) is 1.28. The van der Waals surface area contributed by atoms with E-state index in [4.69, 9.17) is 0 Å². The van der Waals surface area contributed by atoms with Crippen molar-refractivity contribution >= 4 is 41.4 Å². The van der Waals surface area contributed by atoms with Crippen LogP contribution in [0.5, 0.6) is 0 Å². The van der Waals surface area contributed by atoms with Gasteiger partial charge in [-0.3, -0.25) is 0 Å². The first-order chi connectivity index (χ1) is 5.20. The van der Waals surface area contributed by atoms with Gasteiger partial charge in [-0.2, -0.15) is 0 Å². The Balaban J connectivity index is 2.78. The normalized spacial score (nSPS) is 10.5. The predicted octanol–water partition coefficient (Wildman–Crippen LogP) is 4.17. The third kappa shape index (κ3) is 3.29. The molecule has 0 aliphatic heterocycles. The van der Waals surface area contributed by atoms with Crippen molar-refractivity contribution in [2.45, 2.75) is 11.8 Å². The molecule has 60 valence electrons. The molecule has 0 saturated carbocycles. The lowest BCUT2D eigenvalue weighted by Crippen LogP contribution is -1.73. The minimum Gasteiger partial charge on any atom is -0.130 e. The van der Waals surface area contributed by atoms with Gasteiger partial charge in [0.25, 0.3) is 0 Å². The first kappa shape index (κ1) is 9.79. The van der Waals surface area contributed by atoms with Crippen LogP contribution in [0.1, 0.15) is 5.56 Å². The molecule has 0 aliphatic carbocycles. The van der Waals surface area contributed by atoms with Crippen molar-refractivity contribution in [2.75, 3.05) is 0 Å². The molecular weight excluding hydrogens is 211 g/mol.